The second-order valence-electron chi connectivity index (χ2n) is 6.53. The van der Waals surface area contributed by atoms with Crippen molar-refractivity contribution in [1.82, 2.24) is 20.3 Å². The fourth-order valence-electron chi connectivity index (χ4n) is 3.45. The molecule has 3 aromatic rings. The average molecular weight is 336 g/mol. The number of amides is 1. The fourth-order valence-corrected chi connectivity index (χ4v) is 3.45. The van der Waals surface area contributed by atoms with Gasteiger partial charge >= 0.3 is 0 Å². The number of nitrogens with one attached hydrogen (secondary N) is 1. The number of rotatable bonds is 3. The van der Waals surface area contributed by atoms with Crippen LogP contribution in [-0.4, -0.2) is 39.3 Å². The van der Waals surface area contributed by atoms with Crippen molar-refractivity contribution < 1.29 is 9.32 Å². The Kier molecular flexibility index (Phi) is 4.09. The molecule has 6 heteroatoms. The molecule has 0 aliphatic carbocycles. The summed E-state index contributed by atoms with van der Waals surface area (Å²) in [6, 6.07) is 10.0. The molecule has 0 radical (unpaired) electrons. The third-order valence-electron chi connectivity index (χ3n) is 4.80. The molecule has 6 nitrogen and oxygen atoms in total. The number of aryl methyl sites for hydroxylation is 1. The number of carbonyl (C=O) groups is 1. The van der Waals surface area contributed by atoms with Crippen LogP contribution in [0, 0.1) is 6.92 Å². The highest BCUT2D eigenvalue weighted by Crippen LogP contribution is 2.33. The summed E-state index contributed by atoms with van der Waals surface area (Å²) in [5, 5.41) is 11.0. The summed E-state index contributed by atoms with van der Waals surface area (Å²) in [5.74, 6) is 0.432. The second-order valence-corrected chi connectivity index (χ2v) is 6.53. The molecule has 1 saturated heterocycles. The zero-order chi connectivity index (χ0) is 17.2. The van der Waals surface area contributed by atoms with Crippen LogP contribution < -0.4 is 0 Å². The van der Waals surface area contributed by atoms with Crippen molar-refractivity contribution in [3.05, 3.63) is 59.7 Å². The topological polar surface area (TPSA) is 75.0 Å². The van der Waals surface area contributed by atoms with E-state index >= 15 is 0 Å². The summed E-state index contributed by atoms with van der Waals surface area (Å²) in [4.78, 5) is 14.4. The standard InChI is InChI=1S/C19H20N4O2/c1-13-4-6-14(7-5-13)16-11-20-22-18(16)15-3-2-10-23(12-15)19(24)17-8-9-21-25-17/h4-9,11,15H,2-3,10,12H2,1H3,(H,20,22). The van der Waals surface area contributed by atoms with Gasteiger partial charge in [-0.15, -0.1) is 0 Å². The number of hydrogen-bond donors (Lipinski definition) is 1. The van der Waals surface area contributed by atoms with Gasteiger partial charge in [-0.2, -0.15) is 5.10 Å². The zero-order valence-electron chi connectivity index (χ0n) is 14.1. The number of H-pyrrole nitrogens is 1. The minimum absolute atomic E-state index is 0.0985. The molecular weight excluding hydrogens is 316 g/mol. The maximum Gasteiger partial charge on any atom is 0.292 e. The van der Waals surface area contributed by atoms with E-state index in [1.165, 1.54) is 11.8 Å². The molecule has 1 aliphatic rings. The lowest BCUT2D eigenvalue weighted by Gasteiger charge is -2.32. The van der Waals surface area contributed by atoms with Gasteiger partial charge in [0.05, 0.1) is 12.4 Å². The summed E-state index contributed by atoms with van der Waals surface area (Å²) >= 11 is 0. The molecule has 0 spiro atoms. The molecule has 1 atom stereocenters. The van der Waals surface area contributed by atoms with Gasteiger partial charge in [0.15, 0.2) is 0 Å². The fraction of sp³-hybridized carbons (Fsp3) is 0.316. The van der Waals surface area contributed by atoms with Gasteiger partial charge in [-0.05, 0) is 25.3 Å². The number of likely N-dealkylation sites (tertiary alicyclic amines) is 1. The van der Waals surface area contributed by atoms with Gasteiger partial charge in [0, 0.05) is 36.3 Å². The number of aromatic nitrogens is 3. The Hall–Kier alpha value is -2.89. The molecule has 2 aromatic heterocycles. The molecule has 0 saturated carbocycles. The molecule has 0 bridgehead atoms. The number of piperidine rings is 1. The Bertz CT molecular complexity index is 852. The summed E-state index contributed by atoms with van der Waals surface area (Å²) < 4.78 is 5.02. The number of hydrogen-bond acceptors (Lipinski definition) is 4. The minimum atomic E-state index is -0.0985. The van der Waals surface area contributed by atoms with Gasteiger partial charge in [-0.25, -0.2) is 0 Å². The summed E-state index contributed by atoms with van der Waals surface area (Å²) in [5.41, 5.74) is 4.58. The Labute approximate surface area is 145 Å². The Morgan fingerprint density at radius 2 is 2.12 bits per heavy atom. The van der Waals surface area contributed by atoms with E-state index in [2.05, 4.69) is 46.5 Å². The molecule has 128 valence electrons. The highest BCUT2D eigenvalue weighted by atomic mass is 16.5. The van der Waals surface area contributed by atoms with E-state index < -0.39 is 0 Å². The molecule has 1 aromatic carbocycles. The molecule has 1 unspecified atom stereocenters. The molecule has 1 aliphatic heterocycles. The van der Waals surface area contributed by atoms with Crippen LogP contribution in [0.3, 0.4) is 0 Å². The van der Waals surface area contributed by atoms with Crippen LogP contribution in [0.5, 0.6) is 0 Å². The van der Waals surface area contributed by atoms with Gasteiger partial charge < -0.3 is 9.42 Å². The maximum atomic E-state index is 12.5. The summed E-state index contributed by atoms with van der Waals surface area (Å²) in [6.45, 7) is 3.47. The van der Waals surface area contributed by atoms with Gasteiger partial charge in [0.2, 0.25) is 5.76 Å². The van der Waals surface area contributed by atoms with Crippen LogP contribution in [0.1, 0.15) is 40.6 Å². The van der Waals surface area contributed by atoms with Gasteiger partial charge in [-0.3, -0.25) is 9.89 Å². The molecule has 1 amide bonds. The predicted molar refractivity (Wildman–Crippen MR) is 93.1 cm³/mol. The number of nitrogens with zero attached hydrogens (tertiary/aromatic N) is 3. The highest BCUT2D eigenvalue weighted by Gasteiger charge is 2.29. The van der Waals surface area contributed by atoms with Crippen molar-refractivity contribution in [2.75, 3.05) is 13.1 Å². The third-order valence-corrected chi connectivity index (χ3v) is 4.80. The van der Waals surface area contributed by atoms with Crippen molar-refractivity contribution in [2.45, 2.75) is 25.7 Å². The first-order valence-electron chi connectivity index (χ1n) is 8.52. The number of benzene rings is 1. The average Bonchev–Trinajstić information content (AvgIpc) is 3.34. The number of aromatic amines is 1. The second kappa shape index (κ2) is 6.55. The lowest BCUT2D eigenvalue weighted by Crippen LogP contribution is -2.39. The SMILES string of the molecule is Cc1ccc(-c2cn[nH]c2C2CCCN(C(=O)c3ccno3)C2)cc1. The van der Waals surface area contributed by atoms with E-state index in [1.807, 2.05) is 11.1 Å². The van der Waals surface area contributed by atoms with Crippen LogP contribution in [0.2, 0.25) is 0 Å². The third kappa shape index (κ3) is 3.07. The van der Waals surface area contributed by atoms with E-state index in [0.717, 1.165) is 36.2 Å². The molecular formula is C19H20N4O2. The lowest BCUT2D eigenvalue weighted by atomic mass is 9.90. The largest absolute Gasteiger partial charge is 0.351 e. The maximum absolute atomic E-state index is 12.5. The molecule has 25 heavy (non-hydrogen) atoms. The van der Waals surface area contributed by atoms with E-state index in [4.69, 9.17) is 4.52 Å². The lowest BCUT2D eigenvalue weighted by molar-refractivity contribution is 0.0664. The Morgan fingerprint density at radius 3 is 2.88 bits per heavy atom. The van der Waals surface area contributed by atoms with Crippen molar-refractivity contribution in [3.8, 4) is 11.1 Å². The van der Waals surface area contributed by atoms with E-state index in [-0.39, 0.29) is 11.8 Å². The summed E-state index contributed by atoms with van der Waals surface area (Å²) in [7, 11) is 0. The Morgan fingerprint density at radius 1 is 1.28 bits per heavy atom. The van der Waals surface area contributed by atoms with Crippen LogP contribution in [0.15, 0.2) is 47.2 Å². The number of carbonyl (C=O) groups excluding carboxylic acids is 1. The molecule has 1 N–H and O–H groups in total. The minimum Gasteiger partial charge on any atom is -0.351 e. The van der Waals surface area contributed by atoms with Crippen molar-refractivity contribution in [2.24, 2.45) is 0 Å². The van der Waals surface area contributed by atoms with E-state index in [9.17, 15) is 4.79 Å². The van der Waals surface area contributed by atoms with Crippen LogP contribution in [0.25, 0.3) is 11.1 Å². The van der Waals surface area contributed by atoms with E-state index in [1.54, 1.807) is 6.07 Å². The summed E-state index contributed by atoms with van der Waals surface area (Å²) in [6.07, 6.45) is 5.36. The quantitative estimate of drug-likeness (QED) is 0.795. The molecule has 1 fully saturated rings. The Balaban J connectivity index is 1.57. The monoisotopic (exact) mass is 336 g/mol. The van der Waals surface area contributed by atoms with Crippen LogP contribution in [-0.2, 0) is 0 Å². The molecule has 3 heterocycles. The normalized spacial score (nSPS) is 17.6. The van der Waals surface area contributed by atoms with Gasteiger partial charge in [0.1, 0.15) is 0 Å². The van der Waals surface area contributed by atoms with Crippen molar-refractivity contribution in [3.63, 3.8) is 0 Å². The van der Waals surface area contributed by atoms with E-state index in [0.29, 0.717) is 12.3 Å². The van der Waals surface area contributed by atoms with Crippen LogP contribution in [0.4, 0.5) is 0 Å². The first kappa shape index (κ1) is 15.6. The van der Waals surface area contributed by atoms with Crippen molar-refractivity contribution >= 4 is 5.91 Å². The first-order chi connectivity index (χ1) is 12.2. The van der Waals surface area contributed by atoms with Crippen molar-refractivity contribution in [1.29, 1.82) is 0 Å². The smallest absolute Gasteiger partial charge is 0.292 e. The first-order valence-corrected chi connectivity index (χ1v) is 8.52. The highest BCUT2D eigenvalue weighted by molar-refractivity contribution is 5.91. The zero-order valence-corrected chi connectivity index (χ0v) is 14.1. The predicted octanol–water partition coefficient (Wildman–Crippen LogP) is 3.39. The molecule has 4 rings (SSSR count). The van der Waals surface area contributed by atoms with Gasteiger partial charge in [0.25, 0.3) is 5.91 Å². The van der Waals surface area contributed by atoms with Crippen LogP contribution >= 0.6 is 0 Å². The van der Waals surface area contributed by atoms with Gasteiger partial charge in [-0.1, -0.05) is 35.0 Å².